The predicted octanol–water partition coefficient (Wildman–Crippen LogP) is 4.75. The van der Waals surface area contributed by atoms with Crippen molar-refractivity contribution in [3.05, 3.63) is 66.1 Å². The average molecular weight is 492 g/mol. The van der Waals surface area contributed by atoms with E-state index in [9.17, 15) is 14.7 Å². The summed E-state index contributed by atoms with van der Waals surface area (Å²) in [4.78, 5) is 34.1. The monoisotopic (exact) mass is 491 g/mol. The van der Waals surface area contributed by atoms with Crippen molar-refractivity contribution in [1.29, 1.82) is 0 Å². The number of benzene rings is 2. The van der Waals surface area contributed by atoms with Gasteiger partial charge in [-0.05, 0) is 43.4 Å². The fourth-order valence-corrected chi connectivity index (χ4v) is 4.58. The number of amides is 2. The van der Waals surface area contributed by atoms with Crippen molar-refractivity contribution in [2.45, 2.75) is 51.8 Å². The van der Waals surface area contributed by atoms with Crippen LogP contribution in [0.1, 0.15) is 57.1 Å². The van der Waals surface area contributed by atoms with Gasteiger partial charge in [0, 0.05) is 12.1 Å². The molecule has 36 heavy (non-hydrogen) atoms. The summed E-state index contributed by atoms with van der Waals surface area (Å²) in [6.07, 6.45) is 1.93. The molecule has 0 aliphatic carbocycles. The Kier molecular flexibility index (Phi) is 7.47. The molecule has 1 aliphatic heterocycles. The minimum Gasteiger partial charge on any atom is -0.484 e. The lowest BCUT2D eigenvalue weighted by Gasteiger charge is -2.29. The summed E-state index contributed by atoms with van der Waals surface area (Å²) < 4.78 is 6.16. The summed E-state index contributed by atoms with van der Waals surface area (Å²) >= 11 is 0. The van der Waals surface area contributed by atoms with Gasteiger partial charge in [-0.2, -0.15) is 0 Å². The second-order valence-corrected chi connectivity index (χ2v) is 9.47. The van der Waals surface area contributed by atoms with Crippen LogP contribution in [-0.2, 0) is 4.79 Å². The number of aromatic nitrogens is 2. The number of imidazole rings is 1. The first-order valence-electron chi connectivity index (χ1n) is 12.2. The molecule has 0 saturated carbocycles. The third kappa shape index (κ3) is 5.45. The highest BCUT2D eigenvalue weighted by molar-refractivity contribution is 5.86. The number of ether oxygens (including phenoxy) is 1. The van der Waals surface area contributed by atoms with E-state index >= 15 is 0 Å². The zero-order valence-corrected chi connectivity index (χ0v) is 20.8. The Labute approximate surface area is 210 Å². The van der Waals surface area contributed by atoms with Crippen molar-refractivity contribution < 1.29 is 19.4 Å². The number of nitrogens with two attached hydrogens (primary N) is 1. The van der Waals surface area contributed by atoms with Gasteiger partial charge in [-0.15, -0.1) is 0 Å². The molecule has 5 N–H and O–H groups in total. The van der Waals surface area contributed by atoms with E-state index in [0.717, 1.165) is 29.7 Å². The molecule has 3 aromatic rings. The quantitative estimate of drug-likeness (QED) is 0.336. The number of hydrogen-bond donors (Lipinski definition) is 4. The zero-order chi connectivity index (χ0) is 25.8. The van der Waals surface area contributed by atoms with Crippen molar-refractivity contribution in [3.63, 3.8) is 0 Å². The first-order chi connectivity index (χ1) is 17.2. The highest BCUT2D eigenvalue weighted by Gasteiger charge is 2.37. The summed E-state index contributed by atoms with van der Waals surface area (Å²) in [7, 11) is 0. The number of likely N-dealkylation sites (tertiary alicyclic amines) is 1. The zero-order valence-electron chi connectivity index (χ0n) is 20.8. The van der Waals surface area contributed by atoms with Gasteiger partial charge in [0.25, 0.3) is 0 Å². The Morgan fingerprint density at radius 3 is 2.64 bits per heavy atom. The maximum atomic E-state index is 13.2. The molecule has 1 fully saturated rings. The smallest absolute Gasteiger partial charge is 0.405 e. The second-order valence-electron chi connectivity index (χ2n) is 9.47. The highest BCUT2D eigenvalue weighted by Crippen LogP contribution is 2.35. The number of nitrogens with zero attached hydrogens (tertiary/aromatic N) is 2. The van der Waals surface area contributed by atoms with Gasteiger partial charge in [0.15, 0.2) is 0 Å². The minimum absolute atomic E-state index is 0.173. The number of hydrogen-bond acceptors (Lipinski definition) is 5. The molecular weight excluding hydrogens is 458 g/mol. The lowest BCUT2D eigenvalue weighted by atomic mass is 10.0. The molecule has 0 unspecified atom stereocenters. The summed E-state index contributed by atoms with van der Waals surface area (Å²) in [5, 5.41) is 11.5. The molecular formula is C27H33N5O4. The molecule has 0 radical (unpaired) electrons. The lowest BCUT2D eigenvalue weighted by Crippen LogP contribution is -2.50. The van der Waals surface area contributed by atoms with E-state index in [4.69, 9.17) is 10.5 Å². The first kappa shape index (κ1) is 25.1. The molecule has 2 heterocycles. The van der Waals surface area contributed by atoms with Crippen LogP contribution in [0.25, 0.3) is 11.3 Å². The number of carbonyl (C=O) groups is 2. The number of anilines is 1. The van der Waals surface area contributed by atoms with Gasteiger partial charge in [0.2, 0.25) is 5.91 Å². The fraction of sp³-hybridized carbons (Fsp3) is 0.370. The predicted molar refractivity (Wildman–Crippen MR) is 137 cm³/mol. The number of carboxylic acid groups (broad SMARTS) is 1. The van der Waals surface area contributed by atoms with Crippen LogP contribution >= 0.6 is 0 Å². The number of nitrogens with one attached hydrogen (secondary N) is 2. The van der Waals surface area contributed by atoms with E-state index in [2.05, 4.69) is 15.3 Å². The van der Waals surface area contributed by atoms with Gasteiger partial charge in [-0.25, -0.2) is 9.78 Å². The summed E-state index contributed by atoms with van der Waals surface area (Å²) in [5.41, 5.74) is 9.43. The highest BCUT2D eigenvalue weighted by atomic mass is 16.5. The molecule has 0 bridgehead atoms. The van der Waals surface area contributed by atoms with Gasteiger partial charge in [-0.3, -0.25) is 4.79 Å². The molecule has 190 valence electrons. The standard InChI is InChI=1S/C27H33N5O4/c1-16(2)24(31-27(34)35)26(33)32-13-7-10-22(32)25-29-15-21(30-25)19-11-12-20(28)23(14-19)36-17(3)18-8-5-4-6-9-18/h4-6,8-9,11-12,14-17,22,24,31H,7,10,13,28H2,1-3H3,(H,29,30)(H,34,35)/t17-,22-,24-/m0/s1. The molecule has 9 nitrogen and oxygen atoms in total. The number of rotatable bonds is 8. The van der Waals surface area contributed by atoms with Gasteiger partial charge < -0.3 is 30.8 Å². The molecule has 2 aromatic carbocycles. The Morgan fingerprint density at radius 2 is 1.94 bits per heavy atom. The molecule has 1 aromatic heterocycles. The minimum atomic E-state index is -1.21. The van der Waals surface area contributed by atoms with Gasteiger partial charge in [0.1, 0.15) is 23.7 Å². The molecule has 4 rings (SSSR count). The van der Waals surface area contributed by atoms with Crippen LogP contribution in [0.5, 0.6) is 5.75 Å². The van der Waals surface area contributed by atoms with Gasteiger partial charge in [0.05, 0.1) is 23.6 Å². The maximum Gasteiger partial charge on any atom is 0.405 e. The van der Waals surface area contributed by atoms with E-state index in [1.54, 1.807) is 17.2 Å². The number of H-pyrrole nitrogens is 1. The Hall–Kier alpha value is -4.01. The third-order valence-corrected chi connectivity index (χ3v) is 6.56. The van der Waals surface area contributed by atoms with Crippen LogP contribution in [0.15, 0.2) is 54.7 Å². The Morgan fingerprint density at radius 1 is 1.19 bits per heavy atom. The first-order valence-corrected chi connectivity index (χ1v) is 12.2. The number of carbonyl (C=O) groups excluding carboxylic acids is 1. The van der Waals surface area contributed by atoms with Gasteiger partial charge in [-0.1, -0.05) is 50.2 Å². The molecule has 9 heteroatoms. The van der Waals surface area contributed by atoms with Crippen molar-refractivity contribution in [2.75, 3.05) is 12.3 Å². The molecule has 2 amide bonds. The molecule has 1 aliphatic rings. The Bertz CT molecular complexity index is 1210. The van der Waals surface area contributed by atoms with Crippen LogP contribution in [0.3, 0.4) is 0 Å². The summed E-state index contributed by atoms with van der Waals surface area (Å²) in [6, 6.07) is 14.5. The van der Waals surface area contributed by atoms with Crippen molar-refractivity contribution in [2.24, 2.45) is 5.92 Å². The topological polar surface area (TPSA) is 134 Å². The third-order valence-electron chi connectivity index (χ3n) is 6.56. The van der Waals surface area contributed by atoms with Crippen LogP contribution in [0.4, 0.5) is 10.5 Å². The number of nitrogen functional groups attached to an aromatic ring is 1. The molecule has 3 atom stereocenters. The maximum absolute atomic E-state index is 13.2. The van der Waals surface area contributed by atoms with Crippen LogP contribution < -0.4 is 15.8 Å². The SMILES string of the molecule is CC(C)[C@H](NC(=O)O)C(=O)N1CCC[C@H]1c1ncc(-c2ccc(N)c(O[C@@H](C)c3ccccc3)c2)[nH]1. The van der Waals surface area contributed by atoms with Crippen molar-refractivity contribution in [3.8, 4) is 17.0 Å². The largest absolute Gasteiger partial charge is 0.484 e. The molecule has 0 spiro atoms. The van der Waals surface area contributed by atoms with Crippen LogP contribution in [0, 0.1) is 5.92 Å². The normalized spacial score (nSPS) is 17.1. The Balaban J connectivity index is 1.53. The van der Waals surface area contributed by atoms with Crippen molar-refractivity contribution in [1.82, 2.24) is 20.2 Å². The van der Waals surface area contributed by atoms with E-state index < -0.39 is 12.1 Å². The summed E-state index contributed by atoms with van der Waals surface area (Å²) in [6.45, 7) is 6.19. The molecule has 1 saturated heterocycles. The second kappa shape index (κ2) is 10.7. The van der Waals surface area contributed by atoms with E-state index in [-0.39, 0.29) is 24.0 Å². The van der Waals surface area contributed by atoms with E-state index in [0.29, 0.717) is 23.8 Å². The summed E-state index contributed by atoms with van der Waals surface area (Å²) in [5.74, 6) is 0.849. The van der Waals surface area contributed by atoms with E-state index in [1.165, 1.54) is 0 Å². The lowest BCUT2D eigenvalue weighted by molar-refractivity contribution is -0.135. The van der Waals surface area contributed by atoms with Crippen molar-refractivity contribution >= 4 is 17.7 Å². The van der Waals surface area contributed by atoms with E-state index in [1.807, 2.05) is 63.2 Å². The average Bonchev–Trinajstić information content (AvgIpc) is 3.53. The van der Waals surface area contributed by atoms with Crippen LogP contribution in [0.2, 0.25) is 0 Å². The fourth-order valence-electron chi connectivity index (χ4n) is 4.58. The van der Waals surface area contributed by atoms with Gasteiger partial charge >= 0.3 is 6.09 Å². The van der Waals surface area contributed by atoms with Crippen LogP contribution in [-0.4, -0.2) is 44.6 Å². The number of aromatic amines is 1.